The van der Waals surface area contributed by atoms with E-state index in [4.69, 9.17) is 37.9 Å². The molecule has 0 atom stereocenters. The number of benzene rings is 15. The van der Waals surface area contributed by atoms with Gasteiger partial charge in [0, 0.05) is 27.9 Å². The van der Waals surface area contributed by atoms with Crippen molar-refractivity contribution in [2.45, 2.75) is 121 Å². The molecule has 0 amide bonds. The smallest absolute Gasteiger partial charge is 0.349 e. The van der Waals surface area contributed by atoms with Crippen LogP contribution in [-0.4, -0.2) is 74.2 Å². The zero-order valence-electron chi connectivity index (χ0n) is 83.3. The van der Waals surface area contributed by atoms with Crippen LogP contribution >= 0.6 is 0 Å². The molecule has 0 bridgehead atoms. The van der Waals surface area contributed by atoms with Crippen molar-refractivity contribution in [2.24, 2.45) is 0 Å². The molecule has 0 saturated carbocycles. The molecule has 0 aliphatic heterocycles. The number of hydrogen-bond acceptors (Lipinski definition) is 16. The summed E-state index contributed by atoms with van der Waals surface area (Å²) < 4.78 is 40.9. The molecule has 0 aromatic heterocycles. The van der Waals surface area contributed by atoms with E-state index in [1.54, 1.807) is 64.1 Å². The second kappa shape index (κ2) is 62.7. The van der Waals surface area contributed by atoms with Crippen LogP contribution in [0, 0.1) is 37.1 Å². The quantitative estimate of drug-likeness (QED) is 0.00698. The molecule has 0 unspecified atom stereocenters. The van der Waals surface area contributed by atoms with Crippen molar-refractivity contribution in [3.05, 3.63) is 534 Å². The van der Waals surface area contributed by atoms with Gasteiger partial charge in [0.15, 0.2) is 80.0 Å². The van der Waals surface area contributed by atoms with Gasteiger partial charge in [-0.05, 0) is 271 Å². The van der Waals surface area contributed by atoms with E-state index in [2.05, 4.69) is 215 Å². The summed E-state index contributed by atoms with van der Waals surface area (Å²) in [6.07, 6.45) is -0.0147. The topological polar surface area (TPSA) is 210 Å². The number of carbonyl (C=O) groups excluding carboxylic acids is 8. The van der Waals surface area contributed by atoms with E-state index in [1.807, 2.05) is 206 Å². The van der Waals surface area contributed by atoms with Crippen molar-refractivity contribution >= 4 is 102 Å². The monoisotopic (exact) mass is 2030 g/mol. The second-order valence-corrected chi connectivity index (χ2v) is 40.9. The molecule has 145 heavy (non-hydrogen) atoms. The highest BCUT2D eigenvalue weighted by atomic mass is 32.2. The van der Waals surface area contributed by atoms with E-state index in [-0.39, 0.29) is 136 Å². The molecule has 0 saturated heterocycles. The third-order valence-electron chi connectivity index (χ3n) is 19.6. The number of rotatable bonds is 34. The van der Waals surface area contributed by atoms with Crippen LogP contribution in [0.25, 0.3) is 0 Å². The molecular weight excluding hydrogens is 1910 g/mol. The van der Waals surface area contributed by atoms with Gasteiger partial charge in [0.1, 0.15) is 43.7 Å². The lowest BCUT2D eigenvalue weighted by Gasteiger charge is -2.09. The molecule has 744 valence electrons. The van der Waals surface area contributed by atoms with Gasteiger partial charge in [0.05, 0.1) is 66.5 Å². The van der Waals surface area contributed by atoms with Crippen LogP contribution in [-0.2, 0) is 118 Å². The molecule has 15 rings (SSSR count). The third-order valence-corrected chi connectivity index (χ3v) is 30.8. The van der Waals surface area contributed by atoms with Gasteiger partial charge >= 0.3 is 47.8 Å². The minimum absolute atomic E-state index is 0. The number of carbonyl (C=O) groups is 8. The van der Waals surface area contributed by atoms with Crippen molar-refractivity contribution in [3.63, 3.8) is 0 Å². The maximum Gasteiger partial charge on any atom is 0.349 e. The van der Waals surface area contributed by atoms with Gasteiger partial charge in [-0.3, -0.25) is 4.79 Å². The second-order valence-electron chi connectivity index (χ2n) is 30.8. The fourth-order valence-electron chi connectivity index (χ4n) is 12.9. The Morgan fingerprint density at radius 2 is 0.407 bits per heavy atom. The van der Waals surface area contributed by atoms with Gasteiger partial charge in [0.25, 0.3) is 0 Å². The van der Waals surface area contributed by atoms with E-state index < -0.39 is 48.4 Å². The Balaban J connectivity index is 0.000000275. The number of ether oxygens (including phenoxy) is 8. The van der Waals surface area contributed by atoms with Crippen molar-refractivity contribution in [1.29, 1.82) is 0 Å². The van der Waals surface area contributed by atoms with E-state index >= 15 is 0 Å². The van der Waals surface area contributed by atoms with Crippen molar-refractivity contribution < 1.29 is 76.3 Å². The predicted octanol–water partition coefficient (Wildman–Crippen LogP) is 28.0. The van der Waals surface area contributed by atoms with Gasteiger partial charge < -0.3 is 75.0 Å². The van der Waals surface area contributed by atoms with Gasteiger partial charge in [-0.15, -0.1) is 0 Å². The molecule has 0 spiro atoms. The highest BCUT2D eigenvalue weighted by Gasteiger charge is 2.34. The van der Waals surface area contributed by atoms with Crippen LogP contribution in [0.15, 0.2) is 559 Å². The van der Waals surface area contributed by atoms with E-state index in [0.717, 1.165) is 20.2 Å². The lowest BCUT2D eigenvalue weighted by atomic mass is 10.2. The highest BCUT2D eigenvalue weighted by molar-refractivity contribution is 7.98. The summed E-state index contributed by atoms with van der Waals surface area (Å²) in [6, 6.07) is 142. The Hall–Kier alpha value is -15.5. The lowest BCUT2D eigenvalue weighted by molar-refractivity contribution is -0.150. The Morgan fingerprint density at radius 3 is 0.662 bits per heavy atom. The summed E-state index contributed by atoms with van der Waals surface area (Å²) in [7, 11) is -1.16. The molecule has 0 N–H and O–H groups in total. The Morgan fingerprint density at radius 1 is 0.207 bits per heavy atom. The summed E-state index contributed by atoms with van der Waals surface area (Å²) in [5, 5.41) is 0. The van der Waals surface area contributed by atoms with Crippen LogP contribution in [0.5, 0.6) is 17.2 Å². The Bertz CT molecular complexity index is 6380. The largest absolute Gasteiger partial charge is 0.462 e. The zero-order valence-corrected chi connectivity index (χ0v) is 87.3. The summed E-state index contributed by atoms with van der Waals surface area (Å²) in [5.41, 5.74) is 3.06. The van der Waals surface area contributed by atoms with E-state index in [0.29, 0.717) is 45.1 Å². The molecule has 0 fully saturated rings. The zero-order chi connectivity index (χ0) is 99.3. The molecule has 0 heterocycles. The minimum atomic E-state index is -0.641. The first kappa shape index (κ1) is 118. The molecule has 21 heteroatoms. The standard InChI is InChI=1S/2C25H23O4S.C24H21O4S.C23H21O2S.C22H19O2S.5CH3/c1-19(2)24(26)28-17-18-29-25(27)20-13-15-23(16-14-20)30(21-9-5-3-6-10-21)22-11-7-4-8-12-22;1-19(2)25(27)28-18-17-24(26)29-20-13-15-23(16-14-20)30(21-9-5-3-6-10-21)22-11-7-4-8-12-22;1-18(2)24(26)27-17-23(25)28-19-13-15-22(16-14-19)29(20-9-5-3-6-10-20)21-11-7-4-8-12-21;1-18(2)23(24)25-17-19-13-15-22(16-14-19)26(20-9-5-3-6-10-20)21-11-7-4-8-12-21;1-17(2)22(23)24-18-13-15-21(16-14-18)25(19-9-5-3-6-10-19)20-11-7-4-8-12-20;;;;;/h2*3-16H,1,17-18H2,2H3;3-16H,1,17H2,2H3;3-16H,1,17H2,2H3;3-16H,1H2,2H3;5*1H3/q5*+1;5*-1. The number of hydrogen-bond donors (Lipinski definition) is 0. The third kappa shape index (κ3) is 37.7. The maximum absolute atomic E-state index is 12.3. The highest BCUT2D eigenvalue weighted by Crippen LogP contribution is 2.38. The van der Waals surface area contributed by atoms with Crippen molar-refractivity contribution in [3.8, 4) is 17.2 Å². The Kier molecular flexibility index (Phi) is 51.1. The molecule has 0 aliphatic carbocycles. The summed E-state index contributed by atoms with van der Waals surface area (Å²) in [6.45, 7) is 25.4. The van der Waals surface area contributed by atoms with Crippen LogP contribution < -0.4 is 14.2 Å². The van der Waals surface area contributed by atoms with Gasteiger partial charge in [0.2, 0.25) is 0 Å². The molecule has 16 nitrogen and oxygen atoms in total. The van der Waals surface area contributed by atoms with Crippen LogP contribution in [0.2, 0.25) is 0 Å². The van der Waals surface area contributed by atoms with Gasteiger partial charge in [-0.1, -0.05) is 227 Å². The molecular formula is C124H122O16S5. The predicted molar refractivity (Wildman–Crippen MR) is 588 cm³/mol. The minimum Gasteiger partial charge on any atom is -0.462 e. The maximum atomic E-state index is 12.3. The molecule has 0 radical (unpaired) electrons. The summed E-state index contributed by atoms with van der Waals surface area (Å²) in [5.74, 6) is -2.56. The van der Waals surface area contributed by atoms with Gasteiger partial charge in [-0.2, -0.15) is 0 Å². The first-order chi connectivity index (χ1) is 67.9. The van der Waals surface area contributed by atoms with E-state index in [9.17, 15) is 38.4 Å². The SMILES string of the molecule is C=C(C)C(=O)OCC(=O)Oc1ccc([S+](c2ccccc2)c2ccccc2)cc1.C=C(C)C(=O)OCCC(=O)Oc1ccc([S+](c2ccccc2)c2ccccc2)cc1.C=C(C)C(=O)OCCOC(=O)c1ccc([S+](c2ccccc2)c2ccccc2)cc1.C=C(C)C(=O)OCc1ccc([S+](c2ccccc2)c2ccccc2)cc1.C=C(C)C(=O)Oc1ccc([S+](c2ccccc2)c2ccccc2)cc1.[CH3-].[CH3-].[CH3-].[CH3-].[CH3-]. The fraction of sp³-hybridized carbons (Fsp3) is 0.0887. The first-order valence-electron chi connectivity index (χ1n) is 44.4. The summed E-state index contributed by atoms with van der Waals surface area (Å²) in [4.78, 5) is 111. The lowest BCUT2D eigenvalue weighted by Crippen LogP contribution is -2.19. The van der Waals surface area contributed by atoms with Crippen molar-refractivity contribution in [1.82, 2.24) is 0 Å². The number of esters is 8. The average Bonchev–Trinajstić information content (AvgIpc) is 0.826. The first-order valence-corrected chi connectivity index (χ1v) is 50.5. The molecule has 15 aromatic rings. The van der Waals surface area contributed by atoms with Gasteiger partial charge in [-0.25, -0.2) is 33.6 Å². The van der Waals surface area contributed by atoms with Crippen LogP contribution in [0.1, 0.15) is 57.0 Å². The average molecular weight is 2030 g/mol. The van der Waals surface area contributed by atoms with Crippen LogP contribution in [0.4, 0.5) is 0 Å². The fourth-order valence-corrected chi connectivity index (χ4v) is 23.3. The van der Waals surface area contributed by atoms with E-state index in [1.165, 1.54) is 65.7 Å². The van der Waals surface area contributed by atoms with Crippen LogP contribution in [0.3, 0.4) is 0 Å². The molecule has 0 aliphatic rings. The normalized spacial score (nSPS) is 10.1. The Labute approximate surface area is 870 Å². The summed E-state index contributed by atoms with van der Waals surface area (Å²) >= 11 is 0. The molecule has 15 aromatic carbocycles. The van der Waals surface area contributed by atoms with Crippen molar-refractivity contribution in [2.75, 3.05) is 26.4 Å².